The summed E-state index contributed by atoms with van der Waals surface area (Å²) in [6, 6.07) is 0. The van der Waals surface area contributed by atoms with Crippen LogP contribution in [0, 0.1) is 5.92 Å². The Bertz CT molecular complexity index is 570. The van der Waals surface area contributed by atoms with Crippen molar-refractivity contribution in [2.75, 3.05) is 20.3 Å². The van der Waals surface area contributed by atoms with E-state index in [1.54, 1.807) is 24.0 Å². The molecule has 2 atom stereocenters. The number of nitrogens with zero attached hydrogens (tertiary/aromatic N) is 4. The molecule has 2 aromatic heterocycles. The van der Waals surface area contributed by atoms with Crippen molar-refractivity contribution in [2.45, 2.75) is 32.4 Å². The fraction of sp³-hybridized carbons (Fsp3) is 0.643. The van der Waals surface area contributed by atoms with Crippen LogP contribution in [0.4, 0.5) is 0 Å². The van der Waals surface area contributed by atoms with Crippen LogP contribution in [-0.4, -0.2) is 46.2 Å². The summed E-state index contributed by atoms with van der Waals surface area (Å²) in [6.45, 7) is 4.36. The summed E-state index contributed by atoms with van der Waals surface area (Å²) in [6.07, 6.45) is 2.01. The normalized spacial score (nSPS) is 22.6. The van der Waals surface area contributed by atoms with Crippen molar-refractivity contribution in [3.05, 3.63) is 16.7 Å². The monoisotopic (exact) mass is 308 g/mol. The number of hydrogen-bond donors (Lipinski definition) is 0. The SMILES string of the molecule is CCn1nc(-c2cscn2)nc1CC1CCOCC1OC. The fourth-order valence-corrected chi connectivity index (χ4v) is 3.23. The summed E-state index contributed by atoms with van der Waals surface area (Å²) in [5, 5.41) is 6.54. The highest BCUT2D eigenvalue weighted by molar-refractivity contribution is 7.07. The van der Waals surface area contributed by atoms with Crippen molar-refractivity contribution in [3.8, 4) is 11.5 Å². The minimum absolute atomic E-state index is 0.142. The molecule has 0 bridgehead atoms. The second-order valence-corrected chi connectivity index (χ2v) is 5.86. The quantitative estimate of drug-likeness (QED) is 0.845. The molecule has 21 heavy (non-hydrogen) atoms. The molecule has 7 heteroatoms. The molecule has 0 aromatic carbocycles. The maximum absolute atomic E-state index is 5.54. The molecule has 3 heterocycles. The largest absolute Gasteiger partial charge is 0.379 e. The van der Waals surface area contributed by atoms with E-state index < -0.39 is 0 Å². The van der Waals surface area contributed by atoms with Crippen LogP contribution in [-0.2, 0) is 22.4 Å². The average molecular weight is 308 g/mol. The number of methoxy groups -OCH3 is 1. The summed E-state index contributed by atoms with van der Waals surface area (Å²) in [5.41, 5.74) is 2.66. The van der Waals surface area contributed by atoms with Crippen LogP contribution in [0.25, 0.3) is 11.5 Å². The molecule has 2 aromatic rings. The zero-order valence-corrected chi connectivity index (χ0v) is 13.2. The van der Waals surface area contributed by atoms with E-state index in [4.69, 9.17) is 9.47 Å². The molecule has 114 valence electrons. The summed E-state index contributed by atoms with van der Waals surface area (Å²) >= 11 is 1.56. The third kappa shape index (κ3) is 3.14. The van der Waals surface area contributed by atoms with Crippen molar-refractivity contribution in [1.29, 1.82) is 0 Å². The van der Waals surface area contributed by atoms with E-state index in [1.807, 2.05) is 10.1 Å². The summed E-state index contributed by atoms with van der Waals surface area (Å²) < 4.78 is 13.0. The van der Waals surface area contributed by atoms with E-state index in [1.165, 1.54) is 0 Å². The number of ether oxygens (including phenoxy) is 2. The van der Waals surface area contributed by atoms with Crippen LogP contribution in [0.1, 0.15) is 19.2 Å². The smallest absolute Gasteiger partial charge is 0.200 e. The zero-order chi connectivity index (χ0) is 14.7. The Labute approximate surface area is 128 Å². The molecular weight excluding hydrogens is 288 g/mol. The van der Waals surface area contributed by atoms with Gasteiger partial charge in [-0.2, -0.15) is 0 Å². The van der Waals surface area contributed by atoms with Gasteiger partial charge in [-0.15, -0.1) is 16.4 Å². The molecule has 1 saturated heterocycles. The number of rotatable bonds is 5. The first-order valence-electron chi connectivity index (χ1n) is 7.24. The van der Waals surface area contributed by atoms with Crippen LogP contribution >= 0.6 is 11.3 Å². The predicted octanol–water partition coefficient (Wildman–Crippen LogP) is 2.02. The third-order valence-electron chi connectivity index (χ3n) is 3.90. The second kappa shape index (κ2) is 6.64. The Hall–Kier alpha value is -1.31. The molecule has 2 unspecified atom stereocenters. The van der Waals surface area contributed by atoms with Gasteiger partial charge in [-0.05, 0) is 19.3 Å². The molecule has 3 rings (SSSR count). The second-order valence-electron chi connectivity index (χ2n) is 5.14. The molecule has 0 saturated carbocycles. The van der Waals surface area contributed by atoms with Gasteiger partial charge in [-0.1, -0.05) is 0 Å². The first-order chi connectivity index (χ1) is 10.3. The highest BCUT2D eigenvalue weighted by Crippen LogP contribution is 2.23. The van der Waals surface area contributed by atoms with Gasteiger partial charge in [0, 0.05) is 32.1 Å². The molecule has 6 nitrogen and oxygen atoms in total. The highest BCUT2D eigenvalue weighted by atomic mass is 32.1. The Balaban J connectivity index is 1.81. The van der Waals surface area contributed by atoms with Gasteiger partial charge in [0.25, 0.3) is 0 Å². The Morgan fingerprint density at radius 1 is 1.52 bits per heavy atom. The lowest BCUT2D eigenvalue weighted by Crippen LogP contribution is -2.35. The van der Waals surface area contributed by atoms with Crippen molar-refractivity contribution in [3.63, 3.8) is 0 Å². The van der Waals surface area contributed by atoms with Crippen molar-refractivity contribution in [1.82, 2.24) is 19.7 Å². The van der Waals surface area contributed by atoms with E-state index in [2.05, 4.69) is 22.0 Å². The Morgan fingerprint density at radius 3 is 3.14 bits per heavy atom. The molecule has 0 aliphatic carbocycles. The molecule has 0 spiro atoms. The van der Waals surface area contributed by atoms with Gasteiger partial charge >= 0.3 is 0 Å². The van der Waals surface area contributed by atoms with Gasteiger partial charge in [0.15, 0.2) is 0 Å². The molecule has 1 aliphatic heterocycles. The van der Waals surface area contributed by atoms with Gasteiger partial charge in [-0.25, -0.2) is 14.6 Å². The van der Waals surface area contributed by atoms with E-state index in [9.17, 15) is 0 Å². The lowest BCUT2D eigenvalue weighted by Gasteiger charge is -2.30. The summed E-state index contributed by atoms with van der Waals surface area (Å²) in [4.78, 5) is 8.97. The van der Waals surface area contributed by atoms with Gasteiger partial charge in [-0.3, -0.25) is 0 Å². The van der Waals surface area contributed by atoms with Crippen molar-refractivity contribution in [2.24, 2.45) is 5.92 Å². The van der Waals surface area contributed by atoms with Crippen LogP contribution in [0.15, 0.2) is 10.9 Å². The topological polar surface area (TPSA) is 62.1 Å². The number of aromatic nitrogens is 4. The summed E-state index contributed by atoms with van der Waals surface area (Å²) in [7, 11) is 1.75. The minimum atomic E-state index is 0.142. The van der Waals surface area contributed by atoms with Gasteiger partial charge in [0.1, 0.15) is 11.5 Å². The first-order valence-corrected chi connectivity index (χ1v) is 8.19. The van der Waals surface area contributed by atoms with Gasteiger partial charge < -0.3 is 9.47 Å². The van der Waals surface area contributed by atoms with Gasteiger partial charge in [0.05, 0.1) is 18.2 Å². The van der Waals surface area contributed by atoms with Crippen LogP contribution in [0.2, 0.25) is 0 Å². The van der Waals surface area contributed by atoms with Crippen LogP contribution in [0.3, 0.4) is 0 Å². The number of thiazole rings is 1. The predicted molar refractivity (Wildman–Crippen MR) is 80.2 cm³/mol. The van der Waals surface area contributed by atoms with E-state index in [0.29, 0.717) is 18.3 Å². The van der Waals surface area contributed by atoms with Crippen molar-refractivity contribution >= 4 is 11.3 Å². The molecule has 0 amide bonds. The van der Waals surface area contributed by atoms with Crippen molar-refractivity contribution < 1.29 is 9.47 Å². The number of hydrogen-bond acceptors (Lipinski definition) is 6. The highest BCUT2D eigenvalue weighted by Gasteiger charge is 2.27. The lowest BCUT2D eigenvalue weighted by molar-refractivity contribution is -0.0656. The summed E-state index contributed by atoms with van der Waals surface area (Å²) in [5.74, 6) is 2.16. The van der Waals surface area contributed by atoms with Crippen LogP contribution < -0.4 is 0 Å². The van der Waals surface area contributed by atoms with E-state index >= 15 is 0 Å². The minimum Gasteiger partial charge on any atom is -0.379 e. The standard InChI is InChI=1S/C14H20N4O2S/c1-3-18-13(6-10-4-5-20-7-12(10)19-2)16-14(17-18)11-8-21-9-15-11/h8-10,12H,3-7H2,1-2H3. The zero-order valence-electron chi connectivity index (χ0n) is 12.4. The van der Waals surface area contributed by atoms with E-state index in [-0.39, 0.29) is 6.10 Å². The lowest BCUT2D eigenvalue weighted by atomic mass is 9.93. The number of aryl methyl sites for hydroxylation is 1. The Morgan fingerprint density at radius 2 is 2.43 bits per heavy atom. The molecule has 0 N–H and O–H groups in total. The van der Waals surface area contributed by atoms with Gasteiger partial charge in [0.2, 0.25) is 5.82 Å². The molecular formula is C14H20N4O2S. The molecule has 0 radical (unpaired) electrons. The molecule has 1 aliphatic rings. The van der Waals surface area contributed by atoms with E-state index in [0.717, 1.165) is 37.5 Å². The maximum atomic E-state index is 5.54. The maximum Gasteiger partial charge on any atom is 0.200 e. The fourth-order valence-electron chi connectivity index (χ4n) is 2.69. The van der Waals surface area contributed by atoms with Crippen LogP contribution in [0.5, 0.6) is 0 Å². The average Bonchev–Trinajstić information content (AvgIpc) is 3.16. The molecule has 1 fully saturated rings. The Kier molecular flexibility index (Phi) is 4.62. The third-order valence-corrected chi connectivity index (χ3v) is 4.48. The first kappa shape index (κ1) is 14.6.